The average molecular weight is 290 g/mol. The molecule has 21 heavy (non-hydrogen) atoms. The smallest absolute Gasteiger partial charge is 0.278 e. The van der Waals surface area contributed by atoms with Crippen molar-refractivity contribution in [1.29, 1.82) is 0 Å². The van der Waals surface area contributed by atoms with E-state index in [-0.39, 0.29) is 11.6 Å². The molecule has 0 aliphatic rings. The van der Waals surface area contributed by atoms with Crippen molar-refractivity contribution in [3.63, 3.8) is 0 Å². The van der Waals surface area contributed by atoms with Gasteiger partial charge >= 0.3 is 0 Å². The van der Waals surface area contributed by atoms with Crippen LogP contribution in [0.1, 0.15) is 17.4 Å². The van der Waals surface area contributed by atoms with Crippen LogP contribution in [-0.2, 0) is 6.54 Å². The lowest BCUT2D eigenvalue weighted by Gasteiger charge is -2.09. The van der Waals surface area contributed by atoms with Crippen LogP contribution >= 0.6 is 0 Å². The zero-order chi connectivity index (χ0) is 15.4. The fraction of sp³-hybridized carbons (Fsp3) is 0.286. The van der Waals surface area contributed by atoms with Gasteiger partial charge in [-0.05, 0) is 6.92 Å². The van der Waals surface area contributed by atoms with Crippen molar-refractivity contribution in [1.82, 2.24) is 9.78 Å². The van der Waals surface area contributed by atoms with Crippen molar-refractivity contribution in [2.45, 2.75) is 13.5 Å². The van der Waals surface area contributed by atoms with E-state index in [2.05, 4.69) is 10.4 Å². The Labute approximate surface area is 122 Å². The topological polar surface area (TPSA) is 91.4 Å². The van der Waals surface area contributed by atoms with Crippen LogP contribution in [0.15, 0.2) is 24.4 Å². The number of hydrogen-bond donors (Lipinski definition) is 2. The lowest BCUT2D eigenvalue weighted by atomic mass is 10.2. The van der Waals surface area contributed by atoms with Crippen LogP contribution < -0.4 is 20.5 Å². The quantitative estimate of drug-likeness (QED) is 0.875. The van der Waals surface area contributed by atoms with Crippen molar-refractivity contribution in [3.05, 3.63) is 30.1 Å². The highest BCUT2D eigenvalue weighted by molar-refractivity contribution is 6.06. The Morgan fingerprint density at radius 3 is 2.38 bits per heavy atom. The molecule has 1 heterocycles. The predicted octanol–water partition coefficient (Wildman–Crippen LogP) is 1.75. The molecule has 0 bridgehead atoms. The number of nitrogens with two attached hydrogens (primary N) is 1. The molecular weight excluding hydrogens is 272 g/mol. The van der Waals surface area contributed by atoms with Gasteiger partial charge in [0.05, 0.1) is 19.9 Å². The maximum absolute atomic E-state index is 12.2. The monoisotopic (exact) mass is 290 g/mol. The molecule has 1 aromatic heterocycles. The van der Waals surface area contributed by atoms with Crippen LogP contribution in [0.25, 0.3) is 0 Å². The minimum atomic E-state index is -0.380. The van der Waals surface area contributed by atoms with E-state index in [1.54, 1.807) is 43.3 Å². The van der Waals surface area contributed by atoms with E-state index in [0.717, 1.165) is 0 Å². The summed E-state index contributed by atoms with van der Waals surface area (Å²) in [6.45, 7) is 2.56. The molecule has 0 unspecified atom stereocenters. The second-order valence-electron chi connectivity index (χ2n) is 4.34. The Kier molecular flexibility index (Phi) is 4.32. The third-order valence-corrected chi connectivity index (χ3v) is 2.94. The molecule has 1 aromatic carbocycles. The Hall–Kier alpha value is -2.70. The van der Waals surface area contributed by atoms with Gasteiger partial charge < -0.3 is 20.5 Å². The standard InChI is InChI=1S/C14H18N4O3/c1-4-18-8-12(15)13(17-18)14(19)16-9-5-10(20-2)7-11(6-9)21-3/h5-8H,4,15H2,1-3H3,(H,16,19). The van der Waals surface area contributed by atoms with E-state index in [9.17, 15) is 4.79 Å². The largest absolute Gasteiger partial charge is 0.497 e. The van der Waals surface area contributed by atoms with E-state index >= 15 is 0 Å². The zero-order valence-corrected chi connectivity index (χ0v) is 12.2. The Balaban J connectivity index is 2.24. The normalized spacial score (nSPS) is 10.2. The van der Waals surface area contributed by atoms with Gasteiger partial charge in [-0.15, -0.1) is 0 Å². The summed E-state index contributed by atoms with van der Waals surface area (Å²) in [6.07, 6.45) is 1.63. The summed E-state index contributed by atoms with van der Waals surface area (Å²) in [5.74, 6) is 0.781. The number of amides is 1. The summed E-state index contributed by atoms with van der Waals surface area (Å²) in [5, 5.41) is 6.86. The summed E-state index contributed by atoms with van der Waals surface area (Å²) in [6, 6.07) is 5.09. The first kappa shape index (κ1) is 14.7. The number of methoxy groups -OCH3 is 2. The highest BCUT2D eigenvalue weighted by Crippen LogP contribution is 2.26. The van der Waals surface area contributed by atoms with Crippen molar-refractivity contribution >= 4 is 17.3 Å². The maximum Gasteiger partial charge on any atom is 0.278 e. The molecule has 0 saturated carbocycles. The molecule has 3 N–H and O–H groups in total. The zero-order valence-electron chi connectivity index (χ0n) is 12.2. The lowest BCUT2D eigenvalue weighted by molar-refractivity contribution is 0.102. The number of nitrogen functional groups attached to an aromatic ring is 1. The van der Waals surface area contributed by atoms with Gasteiger partial charge in [-0.3, -0.25) is 9.48 Å². The molecule has 2 aromatic rings. The number of anilines is 2. The fourth-order valence-corrected chi connectivity index (χ4v) is 1.85. The van der Waals surface area contributed by atoms with Gasteiger partial charge in [0.2, 0.25) is 0 Å². The van der Waals surface area contributed by atoms with Crippen LogP contribution in [0.2, 0.25) is 0 Å². The maximum atomic E-state index is 12.2. The summed E-state index contributed by atoms with van der Waals surface area (Å²) >= 11 is 0. The second kappa shape index (κ2) is 6.17. The van der Waals surface area contributed by atoms with Crippen LogP contribution in [0.4, 0.5) is 11.4 Å². The first-order valence-corrected chi connectivity index (χ1v) is 6.44. The Morgan fingerprint density at radius 2 is 1.90 bits per heavy atom. The lowest BCUT2D eigenvalue weighted by Crippen LogP contribution is -2.15. The average Bonchev–Trinajstić information content (AvgIpc) is 2.88. The molecule has 7 nitrogen and oxygen atoms in total. The van der Waals surface area contributed by atoms with Gasteiger partial charge in [-0.25, -0.2) is 0 Å². The van der Waals surface area contributed by atoms with Gasteiger partial charge in [0, 0.05) is 36.6 Å². The minimum Gasteiger partial charge on any atom is -0.497 e. The fourth-order valence-electron chi connectivity index (χ4n) is 1.85. The van der Waals surface area contributed by atoms with Crippen LogP contribution in [0, 0.1) is 0 Å². The number of nitrogens with one attached hydrogen (secondary N) is 1. The van der Waals surface area contributed by atoms with E-state index in [4.69, 9.17) is 15.2 Å². The molecule has 0 spiro atoms. The number of hydrogen-bond acceptors (Lipinski definition) is 5. The molecule has 0 radical (unpaired) electrons. The molecule has 0 aliphatic heterocycles. The summed E-state index contributed by atoms with van der Waals surface area (Å²) < 4.78 is 11.9. The Morgan fingerprint density at radius 1 is 1.29 bits per heavy atom. The first-order valence-electron chi connectivity index (χ1n) is 6.44. The van der Waals surface area contributed by atoms with Crippen LogP contribution in [0.5, 0.6) is 11.5 Å². The number of rotatable bonds is 5. The van der Waals surface area contributed by atoms with Crippen molar-refractivity contribution in [3.8, 4) is 11.5 Å². The molecule has 112 valence electrons. The highest BCUT2D eigenvalue weighted by Gasteiger charge is 2.15. The van der Waals surface area contributed by atoms with Gasteiger partial charge in [-0.1, -0.05) is 0 Å². The molecule has 0 atom stereocenters. The number of carbonyl (C=O) groups excluding carboxylic acids is 1. The third-order valence-electron chi connectivity index (χ3n) is 2.94. The predicted molar refractivity (Wildman–Crippen MR) is 79.8 cm³/mol. The number of aryl methyl sites for hydroxylation is 1. The van der Waals surface area contributed by atoms with Gasteiger partial charge in [0.1, 0.15) is 11.5 Å². The molecule has 2 rings (SSSR count). The van der Waals surface area contributed by atoms with E-state index < -0.39 is 0 Å². The van der Waals surface area contributed by atoms with E-state index in [1.807, 2.05) is 6.92 Å². The van der Waals surface area contributed by atoms with Gasteiger partial charge in [0.25, 0.3) is 5.91 Å². The molecule has 1 amide bonds. The van der Waals surface area contributed by atoms with E-state index in [1.165, 1.54) is 0 Å². The molecule has 7 heteroatoms. The van der Waals surface area contributed by atoms with Crippen molar-refractivity contribution in [2.75, 3.05) is 25.3 Å². The second-order valence-corrected chi connectivity index (χ2v) is 4.34. The minimum absolute atomic E-state index is 0.193. The van der Waals surface area contributed by atoms with Crippen molar-refractivity contribution in [2.24, 2.45) is 0 Å². The van der Waals surface area contributed by atoms with Crippen LogP contribution in [0.3, 0.4) is 0 Å². The summed E-state index contributed by atoms with van der Waals surface area (Å²) in [7, 11) is 3.09. The molecular formula is C14H18N4O3. The third kappa shape index (κ3) is 3.25. The number of ether oxygens (including phenoxy) is 2. The molecule has 0 saturated heterocycles. The summed E-state index contributed by atoms with van der Waals surface area (Å²) in [5.41, 5.74) is 6.86. The van der Waals surface area contributed by atoms with Gasteiger partial charge in [-0.2, -0.15) is 5.10 Å². The van der Waals surface area contributed by atoms with Crippen molar-refractivity contribution < 1.29 is 14.3 Å². The highest BCUT2D eigenvalue weighted by atomic mass is 16.5. The molecule has 0 fully saturated rings. The number of benzene rings is 1. The Bertz CT molecular complexity index is 629. The van der Waals surface area contributed by atoms with Crippen LogP contribution in [-0.4, -0.2) is 29.9 Å². The van der Waals surface area contributed by atoms with Gasteiger partial charge in [0.15, 0.2) is 5.69 Å². The SMILES string of the molecule is CCn1cc(N)c(C(=O)Nc2cc(OC)cc(OC)c2)n1. The van der Waals surface area contributed by atoms with E-state index in [0.29, 0.717) is 29.4 Å². The first-order chi connectivity index (χ1) is 10.1. The number of nitrogens with zero attached hydrogens (tertiary/aromatic N) is 2. The summed E-state index contributed by atoms with van der Waals surface area (Å²) in [4.78, 5) is 12.2. The number of aromatic nitrogens is 2. The number of carbonyl (C=O) groups is 1. The molecule has 0 aliphatic carbocycles.